The number of aromatic nitrogens is 2. The van der Waals surface area contributed by atoms with Gasteiger partial charge in [-0.05, 0) is 25.1 Å². The van der Waals surface area contributed by atoms with E-state index in [0.29, 0.717) is 21.3 Å². The Morgan fingerprint density at radius 2 is 1.58 bits per heavy atom. The standard InChI is InChI=1S/C18H15ClF9N3O2/c1-2-30-14(32)8-13(18(26,27)28)31(9-33-6-5-19)15(30)29-12-4-3-10(16(20,21)22)7-11(12)17(23,24)25/h3-4,7-8H,2,5-6,9H2,1H3. The minimum atomic E-state index is -5.33. The van der Waals surface area contributed by atoms with Crippen LogP contribution in [-0.2, 0) is 36.5 Å². The van der Waals surface area contributed by atoms with E-state index in [-0.39, 0.29) is 31.2 Å². The number of hydrogen-bond acceptors (Lipinski definition) is 3. The Balaban J connectivity index is 2.97. The van der Waals surface area contributed by atoms with E-state index in [1.54, 1.807) is 0 Å². The Kier molecular flexibility index (Phi) is 7.94. The van der Waals surface area contributed by atoms with Gasteiger partial charge < -0.3 is 4.74 Å². The maximum absolute atomic E-state index is 13.5. The van der Waals surface area contributed by atoms with Crippen LogP contribution in [0, 0.1) is 0 Å². The van der Waals surface area contributed by atoms with Gasteiger partial charge in [-0.2, -0.15) is 39.5 Å². The van der Waals surface area contributed by atoms with Gasteiger partial charge in [0, 0.05) is 18.5 Å². The zero-order valence-electron chi connectivity index (χ0n) is 16.6. The number of rotatable bonds is 6. The summed E-state index contributed by atoms with van der Waals surface area (Å²) in [4.78, 5) is 15.8. The van der Waals surface area contributed by atoms with Crippen molar-refractivity contribution in [2.45, 2.75) is 38.7 Å². The number of ether oxygens (including phenoxy) is 1. The van der Waals surface area contributed by atoms with Gasteiger partial charge >= 0.3 is 18.5 Å². The minimum absolute atomic E-state index is 0.126. The Labute approximate surface area is 184 Å². The van der Waals surface area contributed by atoms with Crippen LogP contribution >= 0.6 is 11.6 Å². The van der Waals surface area contributed by atoms with E-state index in [1.165, 1.54) is 6.92 Å². The number of benzene rings is 1. The summed E-state index contributed by atoms with van der Waals surface area (Å²) in [6, 6.07) is 0.657. The van der Waals surface area contributed by atoms with Gasteiger partial charge in [0.25, 0.3) is 5.56 Å². The summed E-state index contributed by atoms with van der Waals surface area (Å²) in [6.45, 7) is -0.143. The lowest BCUT2D eigenvalue weighted by molar-refractivity contribution is -0.147. The summed E-state index contributed by atoms with van der Waals surface area (Å²) in [5.74, 6) is -0.126. The third kappa shape index (κ3) is 6.31. The van der Waals surface area contributed by atoms with Gasteiger partial charge in [0.15, 0.2) is 0 Å². The smallest absolute Gasteiger partial charge is 0.359 e. The van der Waals surface area contributed by atoms with E-state index in [9.17, 15) is 44.3 Å². The van der Waals surface area contributed by atoms with Crippen LogP contribution in [0.5, 0.6) is 0 Å². The predicted molar refractivity (Wildman–Crippen MR) is 97.7 cm³/mol. The van der Waals surface area contributed by atoms with Crippen molar-refractivity contribution < 1.29 is 44.3 Å². The third-order valence-corrected chi connectivity index (χ3v) is 4.35. The molecule has 0 saturated heterocycles. The quantitative estimate of drug-likeness (QED) is 0.305. The summed E-state index contributed by atoms with van der Waals surface area (Å²) in [7, 11) is 0. The molecule has 0 atom stereocenters. The molecular weight excluding hydrogens is 497 g/mol. The first kappa shape index (κ1) is 26.8. The molecule has 0 radical (unpaired) electrons. The molecule has 0 aliphatic carbocycles. The monoisotopic (exact) mass is 511 g/mol. The van der Waals surface area contributed by atoms with E-state index in [2.05, 4.69) is 4.99 Å². The molecule has 1 heterocycles. The topological polar surface area (TPSA) is 48.5 Å². The molecule has 1 aromatic heterocycles. The van der Waals surface area contributed by atoms with Crippen LogP contribution in [0.25, 0.3) is 0 Å². The Bertz CT molecular complexity index is 1120. The first-order valence-electron chi connectivity index (χ1n) is 9.00. The molecule has 2 rings (SSSR count). The molecule has 1 aromatic carbocycles. The fourth-order valence-corrected chi connectivity index (χ4v) is 2.87. The molecule has 15 heteroatoms. The Hall–Kier alpha value is -2.48. The van der Waals surface area contributed by atoms with Crippen LogP contribution in [0.2, 0.25) is 0 Å². The Morgan fingerprint density at radius 1 is 0.939 bits per heavy atom. The van der Waals surface area contributed by atoms with Gasteiger partial charge in [-0.25, -0.2) is 4.99 Å². The molecule has 0 N–H and O–H groups in total. The zero-order chi connectivity index (χ0) is 25.2. The van der Waals surface area contributed by atoms with Gasteiger partial charge in [-0.15, -0.1) is 11.6 Å². The molecule has 0 aliphatic rings. The minimum Gasteiger partial charge on any atom is -0.359 e. The largest absolute Gasteiger partial charge is 0.431 e. The molecule has 0 aliphatic heterocycles. The van der Waals surface area contributed by atoms with E-state index < -0.39 is 58.9 Å². The molecule has 184 valence electrons. The van der Waals surface area contributed by atoms with Crippen molar-refractivity contribution in [1.82, 2.24) is 9.13 Å². The van der Waals surface area contributed by atoms with Crippen molar-refractivity contribution in [3.63, 3.8) is 0 Å². The van der Waals surface area contributed by atoms with Crippen molar-refractivity contribution in [1.29, 1.82) is 0 Å². The van der Waals surface area contributed by atoms with Crippen LogP contribution in [0.4, 0.5) is 45.2 Å². The summed E-state index contributed by atoms with van der Waals surface area (Å²) < 4.78 is 126. The fourth-order valence-electron chi connectivity index (χ4n) is 2.76. The summed E-state index contributed by atoms with van der Waals surface area (Å²) in [5.41, 5.74) is -8.33. The third-order valence-electron chi connectivity index (χ3n) is 4.20. The second-order valence-electron chi connectivity index (χ2n) is 6.40. The highest BCUT2D eigenvalue weighted by molar-refractivity contribution is 6.17. The molecule has 5 nitrogen and oxygen atoms in total. The lowest BCUT2D eigenvalue weighted by atomic mass is 10.1. The zero-order valence-corrected chi connectivity index (χ0v) is 17.3. The number of hydrogen-bond donors (Lipinski definition) is 0. The highest BCUT2D eigenvalue weighted by atomic mass is 35.5. The molecule has 0 saturated carbocycles. The molecule has 2 aromatic rings. The average Bonchev–Trinajstić information content (AvgIpc) is 2.67. The van der Waals surface area contributed by atoms with Gasteiger partial charge in [0.2, 0.25) is 5.62 Å². The van der Waals surface area contributed by atoms with E-state index in [1.807, 2.05) is 0 Å². The van der Waals surface area contributed by atoms with Gasteiger partial charge in [-0.1, -0.05) is 0 Å². The number of alkyl halides is 10. The molecule has 0 spiro atoms. The molecule has 0 bridgehead atoms. The van der Waals surface area contributed by atoms with Crippen LogP contribution < -0.4 is 11.2 Å². The van der Waals surface area contributed by atoms with E-state index >= 15 is 0 Å². The normalized spacial score (nSPS) is 13.6. The number of halogens is 10. The van der Waals surface area contributed by atoms with Crippen LogP contribution in [0.3, 0.4) is 0 Å². The molecule has 0 unspecified atom stereocenters. The maximum Gasteiger partial charge on any atom is 0.431 e. The first-order valence-corrected chi connectivity index (χ1v) is 9.53. The first-order chi connectivity index (χ1) is 15.1. The van der Waals surface area contributed by atoms with Crippen molar-refractivity contribution >= 4 is 17.3 Å². The summed E-state index contributed by atoms with van der Waals surface area (Å²) in [6.07, 6.45) is -15.6. The van der Waals surface area contributed by atoms with Crippen molar-refractivity contribution in [2.75, 3.05) is 12.5 Å². The highest BCUT2D eigenvalue weighted by Crippen LogP contribution is 2.40. The van der Waals surface area contributed by atoms with Gasteiger partial charge in [0.05, 0.1) is 23.4 Å². The second kappa shape index (κ2) is 9.79. The maximum atomic E-state index is 13.5. The van der Waals surface area contributed by atoms with E-state index in [4.69, 9.17) is 16.3 Å². The van der Waals surface area contributed by atoms with E-state index in [0.717, 1.165) is 0 Å². The van der Waals surface area contributed by atoms with Gasteiger partial charge in [-0.3, -0.25) is 13.9 Å². The van der Waals surface area contributed by atoms with Crippen molar-refractivity contribution in [3.8, 4) is 0 Å². The van der Waals surface area contributed by atoms with Crippen LogP contribution in [0.1, 0.15) is 23.7 Å². The van der Waals surface area contributed by atoms with Crippen LogP contribution in [0.15, 0.2) is 34.1 Å². The van der Waals surface area contributed by atoms with Gasteiger partial charge in [0.1, 0.15) is 12.4 Å². The molecule has 0 amide bonds. The second-order valence-corrected chi connectivity index (χ2v) is 6.78. The van der Waals surface area contributed by atoms with Crippen molar-refractivity contribution in [3.05, 3.63) is 57.1 Å². The summed E-state index contributed by atoms with van der Waals surface area (Å²) in [5, 5.41) is 0. The van der Waals surface area contributed by atoms with Crippen LogP contribution in [-0.4, -0.2) is 21.6 Å². The van der Waals surface area contributed by atoms with Crippen molar-refractivity contribution in [2.24, 2.45) is 4.99 Å². The number of nitrogens with zero attached hydrogens (tertiary/aromatic N) is 3. The predicted octanol–water partition coefficient (Wildman–Crippen LogP) is 5.17. The molecule has 33 heavy (non-hydrogen) atoms. The lowest BCUT2D eigenvalue weighted by Gasteiger charge is -2.19. The molecule has 0 fully saturated rings. The summed E-state index contributed by atoms with van der Waals surface area (Å²) >= 11 is 5.42. The Morgan fingerprint density at radius 3 is 2.06 bits per heavy atom. The fraction of sp³-hybridized carbons (Fsp3) is 0.444. The highest BCUT2D eigenvalue weighted by Gasteiger charge is 2.39. The molecular formula is C18H15ClF9N3O2. The SMILES string of the molecule is CCn1c(=O)cc(C(F)(F)F)n(COCCCl)c1=Nc1ccc(C(F)(F)F)cc1C(F)(F)F. The lowest BCUT2D eigenvalue weighted by Crippen LogP contribution is -2.43. The average molecular weight is 512 g/mol.